The van der Waals surface area contributed by atoms with E-state index in [-0.39, 0.29) is 0 Å². The quantitative estimate of drug-likeness (QED) is 0.879. The molecule has 0 spiro atoms. The summed E-state index contributed by atoms with van der Waals surface area (Å²) in [6.07, 6.45) is 6.81. The molecule has 1 aliphatic heterocycles. The Bertz CT molecular complexity index is 408. The summed E-state index contributed by atoms with van der Waals surface area (Å²) in [6.45, 7) is 3.29. The highest BCUT2D eigenvalue weighted by Gasteiger charge is 2.19. The van der Waals surface area contributed by atoms with Crippen molar-refractivity contribution in [3.63, 3.8) is 0 Å². The number of fused-ring (bicyclic) bond motifs is 1. The first kappa shape index (κ1) is 12.2. The van der Waals surface area contributed by atoms with Gasteiger partial charge in [-0.15, -0.1) is 0 Å². The molecule has 0 amide bonds. The molecule has 18 heavy (non-hydrogen) atoms. The monoisotopic (exact) mass is 244 g/mol. The molecule has 2 nitrogen and oxygen atoms in total. The third-order valence-corrected chi connectivity index (χ3v) is 4.54. The van der Waals surface area contributed by atoms with Gasteiger partial charge in [-0.1, -0.05) is 31.0 Å². The van der Waals surface area contributed by atoms with E-state index in [4.69, 9.17) is 0 Å². The highest BCUT2D eigenvalue weighted by Crippen LogP contribution is 2.24. The van der Waals surface area contributed by atoms with Crippen molar-refractivity contribution in [3.05, 3.63) is 34.9 Å². The van der Waals surface area contributed by atoms with Crippen molar-refractivity contribution < 1.29 is 0 Å². The topological polar surface area (TPSA) is 15.3 Å². The van der Waals surface area contributed by atoms with Gasteiger partial charge in [-0.2, -0.15) is 0 Å². The van der Waals surface area contributed by atoms with Crippen molar-refractivity contribution >= 4 is 0 Å². The van der Waals surface area contributed by atoms with Crippen LogP contribution in [0.5, 0.6) is 0 Å². The number of rotatable bonds is 3. The zero-order valence-electron chi connectivity index (χ0n) is 11.4. The van der Waals surface area contributed by atoms with E-state index in [1.165, 1.54) is 43.2 Å². The lowest BCUT2D eigenvalue weighted by molar-refractivity contribution is 0.237. The minimum Gasteiger partial charge on any atom is -0.312 e. The minimum atomic E-state index is 0.819. The Hall–Kier alpha value is -0.860. The van der Waals surface area contributed by atoms with Crippen LogP contribution in [0.4, 0.5) is 0 Å². The van der Waals surface area contributed by atoms with Crippen molar-refractivity contribution in [2.24, 2.45) is 0 Å². The van der Waals surface area contributed by atoms with Gasteiger partial charge < -0.3 is 5.32 Å². The summed E-state index contributed by atoms with van der Waals surface area (Å²) in [5.74, 6) is 0. The molecule has 0 radical (unpaired) electrons. The van der Waals surface area contributed by atoms with Crippen molar-refractivity contribution in [1.82, 2.24) is 10.2 Å². The zero-order chi connectivity index (χ0) is 12.4. The van der Waals surface area contributed by atoms with Gasteiger partial charge in [0.1, 0.15) is 0 Å². The van der Waals surface area contributed by atoms with Crippen LogP contribution in [0.25, 0.3) is 0 Å². The van der Waals surface area contributed by atoms with Crippen LogP contribution in [0.15, 0.2) is 18.2 Å². The molecule has 1 aliphatic carbocycles. The molecule has 0 atom stereocenters. The van der Waals surface area contributed by atoms with Crippen LogP contribution in [0.2, 0.25) is 0 Å². The highest BCUT2D eigenvalue weighted by atomic mass is 15.1. The van der Waals surface area contributed by atoms with Gasteiger partial charge in [-0.25, -0.2) is 0 Å². The first-order chi connectivity index (χ1) is 8.83. The first-order valence-corrected chi connectivity index (χ1v) is 7.34. The third-order valence-electron chi connectivity index (χ3n) is 4.54. The maximum Gasteiger partial charge on any atom is 0.0233 e. The van der Waals surface area contributed by atoms with E-state index in [0.717, 1.165) is 25.7 Å². The van der Waals surface area contributed by atoms with Gasteiger partial charge in [0.05, 0.1) is 0 Å². The van der Waals surface area contributed by atoms with E-state index in [9.17, 15) is 0 Å². The maximum absolute atomic E-state index is 3.46. The summed E-state index contributed by atoms with van der Waals surface area (Å²) >= 11 is 0. The van der Waals surface area contributed by atoms with Gasteiger partial charge in [-0.3, -0.25) is 4.90 Å². The van der Waals surface area contributed by atoms with Crippen LogP contribution in [-0.4, -0.2) is 24.5 Å². The van der Waals surface area contributed by atoms with E-state index in [2.05, 4.69) is 35.5 Å². The molecule has 98 valence electrons. The Labute approximate surface area is 110 Å². The fourth-order valence-corrected chi connectivity index (χ4v) is 3.39. The van der Waals surface area contributed by atoms with Crippen LogP contribution in [0, 0.1) is 0 Å². The van der Waals surface area contributed by atoms with Crippen LogP contribution in [0.1, 0.15) is 42.4 Å². The maximum atomic E-state index is 3.46. The largest absolute Gasteiger partial charge is 0.312 e. The van der Waals surface area contributed by atoms with E-state index < -0.39 is 0 Å². The average molecular weight is 244 g/mol. The highest BCUT2D eigenvalue weighted by molar-refractivity contribution is 5.33. The van der Waals surface area contributed by atoms with Crippen LogP contribution in [0.3, 0.4) is 0 Å². The molecule has 1 fully saturated rings. The molecule has 1 heterocycles. The van der Waals surface area contributed by atoms with Gasteiger partial charge in [0.25, 0.3) is 0 Å². The summed E-state index contributed by atoms with van der Waals surface area (Å²) in [4.78, 5) is 2.55. The molecule has 2 aliphatic rings. The number of nitrogens with zero attached hydrogens (tertiary/aromatic N) is 1. The van der Waals surface area contributed by atoms with Crippen molar-refractivity contribution in [2.45, 2.75) is 51.2 Å². The summed E-state index contributed by atoms with van der Waals surface area (Å²) in [5, 5.41) is 3.46. The molecule has 1 N–H and O–H groups in total. The van der Waals surface area contributed by atoms with Gasteiger partial charge >= 0.3 is 0 Å². The Morgan fingerprint density at radius 2 is 2.06 bits per heavy atom. The van der Waals surface area contributed by atoms with Crippen LogP contribution < -0.4 is 5.32 Å². The smallest absolute Gasteiger partial charge is 0.0233 e. The molecule has 0 bridgehead atoms. The Balaban J connectivity index is 1.68. The Morgan fingerprint density at radius 3 is 2.89 bits per heavy atom. The number of hydrogen-bond acceptors (Lipinski definition) is 2. The first-order valence-electron chi connectivity index (χ1n) is 7.34. The standard InChI is InChI=1S/C16H24N2/c1-18(16-4-2-3-5-16)12-13-6-7-14-8-9-17-11-15(14)10-13/h6-7,10,16-17H,2-5,8-9,11-12H2,1H3. The fraction of sp³-hybridized carbons (Fsp3) is 0.625. The molecular weight excluding hydrogens is 220 g/mol. The molecule has 1 saturated carbocycles. The van der Waals surface area contributed by atoms with E-state index in [1.54, 1.807) is 5.56 Å². The molecule has 0 aromatic heterocycles. The Kier molecular flexibility index (Phi) is 3.67. The predicted octanol–water partition coefficient (Wildman–Crippen LogP) is 2.71. The zero-order valence-corrected chi connectivity index (χ0v) is 11.4. The molecule has 1 aromatic rings. The second-order valence-corrected chi connectivity index (χ2v) is 5.88. The summed E-state index contributed by atoms with van der Waals surface area (Å²) in [7, 11) is 2.29. The number of benzene rings is 1. The van der Waals surface area contributed by atoms with Gasteiger partial charge in [0.15, 0.2) is 0 Å². The van der Waals surface area contributed by atoms with Crippen molar-refractivity contribution in [1.29, 1.82) is 0 Å². The van der Waals surface area contributed by atoms with E-state index in [0.29, 0.717) is 0 Å². The minimum absolute atomic E-state index is 0.819. The molecule has 3 rings (SSSR count). The molecule has 0 unspecified atom stereocenters. The summed E-state index contributed by atoms with van der Waals surface area (Å²) < 4.78 is 0. The van der Waals surface area contributed by atoms with Gasteiger partial charge in [0, 0.05) is 19.1 Å². The third kappa shape index (κ3) is 2.60. The molecule has 1 aromatic carbocycles. The number of nitrogens with one attached hydrogen (secondary N) is 1. The van der Waals surface area contributed by atoms with Crippen LogP contribution in [-0.2, 0) is 19.5 Å². The van der Waals surface area contributed by atoms with Crippen molar-refractivity contribution in [3.8, 4) is 0 Å². The lowest BCUT2D eigenvalue weighted by Crippen LogP contribution is -2.29. The number of hydrogen-bond donors (Lipinski definition) is 1. The molecular formula is C16H24N2. The van der Waals surface area contributed by atoms with E-state index >= 15 is 0 Å². The van der Waals surface area contributed by atoms with Crippen LogP contribution >= 0.6 is 0 Å². The SMILES string of the molecule is CN(Cc1ccc2c(c1)CNCC2)C1CCCC1. The van der Waals surface area contributed by atoms with Gasteiger partial charge in [0.2, 0.25) is 0 Å². The van der Waals surface area contributed by atoms with Crippen molar-refractivity contribution in [2.75, 3.05) is 13.6 Å². The Morgan fingerprint density at radius 1 is 1.22 bits per heavy atom. The fourth-order valence-electron chi connectivity index (χ4n) is 3.39. The van der Waals surface area contributed by atoms with Gasteiger partial charge in [-0.05, 0) is 49.5 Å². The lowest BCUT2D eigenvalue weighted by atomic mass is 9.98. The summed E-state index contributed by atoms with van der Waals surface area (Å²) in [6, 6.07) is 7.90. The summed E-state index contributed by atoms with van der Waals surface area (Å²) in [5.41, 5.74) is 4.53. The second-order valence-electron chi connectivity index (χ2n) is 5.88. The average Bonchev–Trinajstić information content (AvgIpc) is 2.92. The normalized spacial score (nSPS) is 20.3. The second kappa shape index (κ2) is 5.41. The molecule has 2 heteroatoms. The molecule has 0 saturated heterocycles. The predicted molar refractivity (Wildman–Crippen MR) is 75.6 cm³/mol. The van der Waals surface area contributed by atoms with E-state index in [1.807, 2.05) is 0 Å². The lowest BCUT2D eigenvalue weighted by Gasteiger charge is -2.25.